The van der Waals surface area contributed by atoms with Gasteiger partial charge in [0, 0.05) is 11.4 Å². The van der Waals surface area contributed by atoms with E-state index in [1.54, 1.807) is 13.0 Å². The quantitative estimate of drug-likeness (QED) is 0.835. The Morgan fingerprint density at radius 2 is 2.21 bits per heavy atom. The molecule has 0 aliphatic rings. The highest BCUT2D eigenvalue weighted by Gasteiger charge is 2.01. The van der Waals surface area contributed by atoms with Crippen molar-refractivity contribution < 1.29 is 9.84 Å². The first-order valence-corrected chi connectivity index (χ1v) is 5.04. The standard InChI is InChI=1S/C11H15ClO2/c1-8-7-10(12)3-4-11(8)14-6-5-9(2)13/h3-4,7,9,13H,5-6H2,1-2H3. The predicted molar refractivity (Wildman–Crippen MR) is 58.0 cm³/mol. The van der Waals surface area contributed by atoms with Gasteiger partial charge in [-0.1, -0.05) is 11.6 Å². The molecule has 0 spiro atoms. The second-order valence-corrected chi connectivity index (χ2v) is 3.83. The molecule has 78 valence electrons. The molecule has 1 aromatic rings. The lowest BCUT2D eigenvalue weighted by molar-refractivity contribution is 0.155. The number of aliphatic hydroxyl groups is 1. The zero-order valence-electron chi connectivity index (χ0n) is 8.46. The van der Waals surface area contributed by atoms with Crippen molar-refractivity contribution in [3.63, 3.8) is 0 Å². The van der Waals surface area contributed by atoms with E-state index < -0.39 is 0 Å². The van der Waals surface area contributed by atoms with Crippen molar-refractivity contribution in [1.29, 1.82) is 0 Å². The van der Waals surface area contributed by atoms with E-state index in [4.69, 9.17) is 21.4 Å². The summed E-state index contributed by atoms with van der Waals surface area (Å²) >= 11 is 5.81. The first kappa shape index (κ1) is 11.3. The molecule has 1 rings (SSSR count). The molecule has 0 bridgehead atoms. The van der Waals surface area contributed by atoms with Gasteiger partial charge < -0.3 is 9.84 Å². The van der Waals surface area contributed by atoms with Crippen LogP contribution in [-0.4, -0.2) is 17.8 Å². The van der Waals surface area contributed by atoms with Crippen LogP contribution in [0.3, 0.4) is 0 Å². The van der Waals surface area contributed by atoms with Gasteiger partial charge in [0.2, 0.25) is 0 Å². The van der Waals surface area contributed by atoms with Gasteiger partial charge >= 0.3 is 0 Å². The third-order valence-corrected chi connectivity index (χ3v) is 2.17. The third-order valence-electron chi connectivity index (χ3n) is 1.93. The summed E-state index contributed by atoms with van der Waals surface area (Å²) in [5.41, 5.74) is 1.02. The smallest absolute Gasteiger partial charge is 0.122 e. The number of halogens is 1. The molecule has 14 heavy (non-hydrogen) atoms. The van der Waals surface area contributed by atoms with Crippen molar-refractivity contribution in [2.75, 3.05) is 6.61 Å². The monoisotopic (exact) mass is 214 g/mol. The van der Waals surface area contributed by atoms with Gasteiger partial charge in [-0.3, -0.25) is 0 Å². The summed E-state index contributed by atoms with van der Waals surface area (Å²) < 4.78 is 5.48. The van der Waals surface area contributed by atoms with Gasteiger partial charge in [-0.25, -0.2) is 0 Å². The van der Waals surface area contributed by atoms with E-state index in [0.717, 1.165) is 11.3 Å². The molecule has 0 aliphatic carbocycles. The van der Waals surface area contributed by atoms with Gasteiger partial charge in [-0.05, 0) is 37.6 Å². The van der Waals surface area contributed by atoms with Crippen LogP contribution in [0.2, 0.25) is 5.02 Å². The molecule has 1 unspecified atom stereocenters. The molecule has 2 nitrogen and oxygen atoms in total. The number of aliphatic hydroxyl groups excluding tert-OH is 1. The number of hydrogen-bond donors (Lipinski definition) is 1. The summed E-state index contributed by atoms with van der Waals surface area (Å²) in [7, 11) is 0. The molecular formula is C11H15ClO2. The largest absolute Gasteiger partial charge is 0.493 e. The molecule has 1 atom stereocenters. The molecule has 0 radical (unpaired) electrons. The molecule has 1 N–H and O–H groups in total. The Hall–Kier alpha value is -0.730. The highest BCUT2D eigenvalue weighted by atomic mass is 35.5. The van der Waals surface area contributed by atoms with Crippen LogP contribution in [0.15, 0.2) is 18.2 Å². The Bertz CT molecular complexity index is 297. The molecular weight excluding hydrogens is 200 g/mol. The lowest BCUT2D eigenvalue weighted by Gasteiger charge is -2.10. The summed E-state index contributed by atoms with van der Waals surface area (Å²) in [6, 6.07) is 5.51. The Morgan fingerprint density at radius 3 is 2.79 bits per heavy atom. The molecule has 0 aliphatic heterocycles. The Balaban J connectivity index is 2.51. The first-order chi connectivity index (χ1) is 6.59. The number of rotatable bonds is 4. The zero-order valence-corrected chi connectivity index (χ0v) is 9.21. The Morgan fingerprint density at radius 1 is 1.50 bits per heavy atom. The summed E-state index contributed by atoms with van der Waals surface area (Å²) in [5.74, 6) is 0.829. The van der Waals surface area contributed by atoms with Crippen LogP contribution < -0.4 is 4.74 Å². The maximum Gasteiger partial charge on any atom is 0.122 e. The third kappa shape index (κ3) is 3.56. The Labute approximate surface area is 89.5 Å². The van der Waals surface area contributed by atoms with Crippen LogP contribution in [0.25, 0.3) is 0 Å². The number of ether oxygens (including phenoxy) is 1. The average molecular weight is 215 g/mol. The molecule has 3 heteroatoms. The van der Waals surface area contributed by atoms with Crippen LogP contribution >= 0.6 is 11.6 Å². The number of aryl methyl sites for hydroxylation is 1. The van der Waals surface area contributed by atoms with Crippen molar-refractivity contribution in [3.8, 4) is 5.75 Å². The van der Waals surface area contributed by atoms with E-state index in [2.05, 4.69) is 0 Å². The lowest BCUT2D eigenvalue weighted by Crippen LogP contribution is -2.07. The molecule has 0 heterocycles. The van der Waals surface area contributed by atoms with Crippen molar-refractivity contribution in [2.24, 2.45) is 0 Å². The van der Waals surface area contributed by atoms with Crippen molar-refractivity contribution in [3.05, 3.63) is 28.8 Å². The van der Waals surface area contributed by atoms with Crippen LogP contribution in [0.5, 0.6) is 5.75 Å². The van der Waals surface area contributed by atoms with E-state index in [1.165, 1.54) is 0 Å². The van der Waals surface area contributed by atoms with E-state index in [0.29, 0.717) is 18.1 Å². The SMILES string of the molecule is Cc1cc(Cl)ccc1OCCC(C)O. The highest BCUT2D eigenvalue weighted by Crippen LogP contribution is 2.21. The fraction of sp³-hybridized carbons (Fsp3) is 0.455. The van der Waals surface area contributed by atoms with Crippen LogP contribution in [-0.2, 0) is 0 Å². The summed E-state index contributed by atoms with van der Waals surface area (Å²) in [5, 5.41) is 9.76. The minimum atomic E-state index is -0.317. The molecule has 0 fully saturated rings. The molecule has 0 amide bonds. The maximum atomic E-state index is 9.04. The fourth-order valence-corrected chi connectivity index (χ4v) is 1.34. The van der Waals surface area contributed by atoms with E-state index in [9.17, 15) is 0 Å². The average Bonchev–Trinajstić information content (AvgIpc) is 2.08. The van der Waals surface area contributed by atoms with Gasteiger partial charge in [0.25, 0.3) is 0 Å². The lowest BCUT2D eigenvalue weighted by atomic mass is 10.2. The Kier molecular flexibility index (Phi) is 4.23. The number of benzene rings is 1. The van der Waals surface area contributed by atoms with Gasteiger partial charge in [0.05, 0.1) is 12.7 Å². The van der Waals surface area contributed by atoms with Crippen molar-refractivity contribution >= 4 is 11.6 Å². The van der Waals surface area contributed by atoms with Crippen LogP contribution in [0.1, 0.15) is 18.9 Å². The topological polar surface area (TPSA) is 29.5 Å². The van der Waals surface area contributed by atoms with Crippen LogP contribution in [0, 0.1) is 6.92 Å². The fourth-order valence-electron chi connectivity index (χ4n) is 1.11. The number of hydrogen-bond acceptors (Lipinski definition) is 2. The predicted octanol–water partition coefficient (Wildman–Crippen LogP) is 2.80. The molecule has 0 saturated heterocycles. The van der Waals surface area contributed by atoms with E-state index >= 15 is 0 Å². The van der Waals surface area contributed by atoms with Crippen molar-refractivity contribution in [2.45, 2.75) is 26.4 Å². The zero-order chi connectivity index (χ0) is 10.6. The highest BCUT2D eigenvalue weighted by molar-refractivity contribution is 6.30. The maximum absolute atomic E-state index is 9.04. The summed E-state index contributed by atoms with van der Waals surface area (Å²) in [4.78, 5) is 0. The second kappa shape index (κ2) is 5.23. The molecule has 1 aromatic carbocycles. The summed E-state index contributed by atoms with van der Waals surface area (Å²) in [6.07, 6.45) is 0.324. The normalized spacial score (nSPS) is 12.6. The van der Waals surface area contributed by atoms with Gasteiger partial charge in [0.15, 0.2) is 0 Å². The van der Waals surface area contributed by atoms with Crippen LogP contribution in [0.4, 0.5) is 0 Å². The first-order valence-electron chi connectivity index (χ1n) is 4.66. The van der Waals surface area contributed by atoms with Gasteiger partial charge in [0.1, 0.15) is 5.75 Å². The molecule has 0 saturated carbocycles. The summed E-state index contributed by atoms with van der Waals surface area (Å²) in [6.45, 7) is 4.22. The van der Waals surface area contributed by atoms with Gasteiger partial charge in [-0.15, -0.1) is 0 Å². The van der Waals surface area contributed by atoms with E-state index in [1.807, 2.05) is 19.1 Å². The second-order valence-electron chi connectivity index (χ2n) is 3.40. The van der Waals surface area contributed by atoms with Crippen molar-refractivity contribution in [1.82, 2.24) is 0 Å². The molecule has 0 aromatic heterocycles. The minimum Gasteiger partial charge on any atom is -0.493 e. The minimum absolute atomic E-state index is 0.317. The van der Waals surface area contributed by atoms with E-state index in [-0.39, 0.29) is 6.10 Å². The van der Waals surface area contributed by atoms with Gasteiger partial charge in [-0.2, -0.15) is 0 Å².